The van der Waals surface area contributed by atoms with Crippen molar-refractivity contribution < 1.29 is 9.53 Å². The van der Waals surface area contributed by atoms with Gasteiger partial charge in [-0.05, 0) is 37.0 Å². The van der Waals surface area contributed by atoms with Crippen molar-refractivity contribution in [2.24, 2.45) is 0 Å². The van der Waals surface area contributed by atoms with Gasteiger partial charge in [-0.1, -0.05) is 30.3 Å². The second kappa shape index (κ2) is 5.78. The summed E-state index contributed by atoms with van der Waals surface area (Å²) in [5.74, 6) is 0.169. The fraction of sp³-hybridized carbons (Fsp3) is 0.333. The zero-order valence-corrected chi connectivity index (χ0v) is 12.2. The molecule has 1 aromatic carbocycles. The van der Waals surface area contributed by atoms with Crippen LogP contribution in [0.4, 0.5) is 0 Å². The first-order valence-corrected chi connectivity index (χ1v) is 7.33. The average Bonchev–Trinajstić information content (AvgIpc) is 2.56. The average molecular weight is 281 g/mol. The molecule has 108 valence electrons. The van der Waals surface area contributed by atoms with E-state index >= 15 is 0 Å². The molecule has 0 spiro atoms. The Hall–Kier alpha value is -2.00. The molecular formula is C18H19NO2. The van der Waals surface area contributed by atoms with Gasteiger partial charge in [-0.3, -0.25) is 9.78 Å². The number of Topliss-reactive ketones (excluding diaryl/α,β-unsaturated/α-hetero) is 1. The van der Waals surface area contributed by atoms with Crippen LogP contribution in [0.25, 0.3) is 0 Å². The van der Waals surface area contributed by atoms with E-state index < -0.39 is 5.41 Å². The SMILES string of the molecule is Cc1ccncc1C(=O)C1(c2ccccc2)CCOCC1. The number of carbonyl (C=O) groups is 1. The number of carbonyl (C=O) groups excluding carboxylic acids is 1. The highest BCUT2D eigenvalue weighted by Crippen LogP contribution is 2.38. The largest absolute Gasteiger partial charge is 0.381 e. The predicted molar refractivity (Wildman–Crippen MR) is 81.5 cm³/mol. The van der Waals surface area contributed by atoms with Crippen LogP contribution in [-0.4, -0.2) is 24.0 Å². The van der Waals surface area contributed by atoms with E-state index in [1.165, 1.54) is 0 Å². The fourth-order valence-electron chi connectivity index (χ4n) is 3.08. The van der Waals surface area contributed by atoms with E-state index in [1.807, 2.05) is 31.2 Å². The van der Waals surface area contributed by atoms with E-state index in [2.05, 4.69) is 17.1 Å². The third-order valence-electron chi connectivity index (χ3n) is 4.39. The van der Waals surface area contributed by atoms with Crippen molar-refractivity contribution >= 4 is 5.78 Å². The molecule has 0 radical (unpaired) electrons. The van der Waals surface area contributed by atoms with Crippen LogP contribution in [0.2, 0.25) is 0 Å². The number of aryl methyl sites for hydroxylation is 1. The first-order valence-electron chi connectivity index (χ1n) is 7.33. The molecule has 3 heteroatoms. The van der Waals surface area contributed by atoms with Gasteiger partial charge in [0.25, 0.3) is 0 Å². The third-order valence-corrected chi connectivity index (χ3v) is 4.39. The molecule has 0 amide bonds. The number of hydrogen-bond acceptors (Lipinski definition) is 3. The molecule has 1 saturated heterocycles. The Morgan fingerprint density at radius 1 is 1.14 bits per heavy atom. The summed E-state index contributed by atoms with van der Waals surface area (Å²) in [4.78, 5) is 17.4. The van der Waals surface area contributed by atoms with Crippen molar-refractivity contribution in [3.63, 3.8) is 0 Å². The normalized spacial score (nSPS) is 17.4. The lowest BCUT2D eigenvalue weighted by molar-refractivity contribution is 0.0423. The number of hydrogen-bond donors (Lipinski definition) is 0. The third kappa shape index (κ3) is 2.49. The minimum absolute atomic E-state index is 0.169. The molecule has 1 aromatic heterocycles. The van der Waals surface area contributed by atoms with Crippen molar-refractivity contribution in [2.75, 3.05) is 13.2 Å². The highest BCUT2D eigenvalue weighted by atomic mass is 16.5. The van der Waals surface area contributed by atoms with Crippen LogP contribution in [0.1, 0.15) is 34.3 Å². The summed E-state index contributed by atoms with van der Waals surface area (Å²) in [6.45, 7) is 3.22. The minimum Gasteiger partial charge on any atom is -0.381 e. The topological polar surface area (TPSA) is 39.2 Å². The molecule has 0 bridgehead atoms. The summed E-state index contributed by atoms with van der Waals surface area (Å²) in [5.41, 5.74) is 2.31. The lowest BCUT2D eigenvalue weighted by atomic mass is 9.69. The van der Waals surface area contributed by atoms with E-state index in [-0.39, 0.29) is 5.78 Å². The van der Waals surface area contributed by atoms with Gasteiger partial charge in [0.2, 0.25) is 0 Å². The number of ketones is 1. The number of benzene rings is 1. The molecule has 0 aliphatic carbocycles. The highest BCUT2D eigenvalue weighted by molar-refractivity contribution is 6.05. The summed E-state index contributed by atoms with van der Waals surface area (Å²) in [6.07, 6.45) is 4.87. The molecule has 3 rings (SSSR count). The summed E-state index contributed by atoms with van der Waals surface area (Å²) >= 11 is 0. The van der Waals surface area contributed by atoms with Gasteiger partial charge >= 0.3 is 0 Å². The van der Waals surface area contributed by atoms with Gasteiger partial charge in [-0.25, -0.2) is 0 Å². The van der Waals surface area contributed by atoms with Gasteiger partial charge in [0.15, 0.2) is 5.78 Å². The Morgan fingerprint density at radius 3 is 2.52 bits per heavy atom. The second-order valence-corrected chi connectivity index (χ2v) is 5.58. The van der Waals surface area contributed by atoms with Crippen LogP contribution in [0.3, 0.4) is 0 Å². The zero-order valence-electron chi connectivity index (χ0n) is 12.2. The predicted octanol–water partition coefficient (Wildman–Crippen LogP) is 3.32. The summed E-state index contributed by atoms with van der Waals surface area (Å²) in [5, 5.41) is 0. The van der Waals surface area contributed by atoms with Crippen molar-refractivity contribution in [3.8, 4) is 0 Å². The van der Waals surface area contributed by atoms with E-state index in [0.29, 0.717) is 13.2 Å². The maximum absolute atomic E-state index is 13.2. The fourth-order valence-corrected chi connectivity index (χ4v) is 3.08. The molecular weight excluding hydrogens is 262 g/mol. The molecule has 0 saturated carbocycles. The maximum atomic E-state index is 13.2. The van der Waals surface area contributed by atoms with E-state index in [9.17, 15) is 4.79 Å². The molecule has 1 aliphatic heterocycles. The molecule has 0 atom stereocenters. The van der Waals surface area contributed by atoms with Crippen molar-refractivity contribution in [1.29, 1.82) is 0 Å². The van der Waals surface area contributed by atoms with E-state index in [1.54, 1.807) is 12.4 Å². The van der Waals surface area contributed by atoms with Crippen LogP contribution in [0.15, 0.2) is 48.8 Å². The molecule has 2 heterocycles. The standard InChI is InChI=1S/C18H19NO2/c1-14-7-10-19-13-16(14)17(20)18(8-11-21-12-9-18)15-5-3-2-4-6-15/h2-7,10,13H,8-9,11-12H2,1H3. The molecule has 0 unspecified atom stereocenters. The second-order valence-electron chi connectivity index (χ2n) is 5.58. The van der Waals surface area contributed by atoms with Crippen molar-refractivity contribution in [1.82, 2.24) is 4.98 Å². The monoisotopic (exact) mass is 281 g/mol. The molecule has 2 aromatic rings. The number of rotatable bonds is 3. The van der Waals surface area contributed by atoms with Gasteiger partial charge < -0.3 is 4.74 Å². The lowest BCUT2D eigenvalue weighted by Gasteiger charge is -2.36. The lowest BCUT2D eigenvalue weighted by Crippen LogP contribution is -2.41. The van der Waals surface area contributed by atoms with Gasteiger partial charge in [0.1, 0.15) is 0 Å². The first-order chi connectivity index (χ1) is 10.2. The Labute approximate surface area is 125 Å². The zero-order chi connectivity index (χ0) is 14.7. The van der Waals surface area contributed by atoms with Crippen LogP contribution in [0.5, 0.6) is 0 Å². The Balaban J connectivity index is 2.08. The van der Waals surface area contributed by atoms with Gasteiger partial charge in [-0.2, -0.15) is 0 Å². The van der Waals surface area contributed by atoms with Gasteiger partial charge in [-0.15, -0.1) is 0 Å². The van der Waals surface area contributed by atoms with Gasteiger partial charge in [0, 0.05) is 31.2 Å². The summed E-state index contributed by atoms with van der Waals surface area (Å²) in [6, 6.07) is 12.0. The quantitative estimate of drug-likeness (QED) is 0.810. The molecule has 1 aliphatic rings. The van der Waals surface area contributed by atoms with E-state index in [0.717, 1.165) is 29.5 Å². The number of ether oxygens (including phenoxy) is 1. The Morgan fingerprint density at radius 2 is 1.86 bits per heavy atom. The smallest absolute Gasteiger partial charge is 0.175 e. The summed E-state index contributed by atoms with van der Waals surface area (Å²) < 4.78 is 5.49. The van der Waals surface area contributed by atoms with Gasteiger partial charge in [0.05, 0.1) is 5.41 Å². The van der Waals surface area contributed by atoms with Crippen LogP contribution in [0, 0.1) is 6.92 Å². The highest BCUT2D eigenvalue weighted by Gasteiger charge is 2.42. The molecule has 1 fully saturated rings. The van der Waals surface area contributed by atoms with Crippen LogP contribution in [-0.2, 0) is 10.2 Å². The Kier molecular flexibility index (Phi) is 3.84. The maximum Gasteiger partial charge on any atom is 0.175 e. The minimum atomic E-state index is -0.479. The van der Waals surface area contributed by atoms with Crippen LogP contribution < -0.4 is 0 Å². The van der Waals surface area contributed by atoms with E-state index in [4.69, 9.17) is 4.74 Å². The van der Waals surface area contributed by atoms with Crippen LogP contribution >= 0.6 is 0 Å². The number of aromatic nitrogens is 1. The molecule has 0 N–H and O–H groups in total. The van der Waals surface area contributed by atoms with Crippen molar-refractivity contribution in [3.05, 3.63) is 65.5 Å². The Bertz CT molecular complexity index is 631. The summed E-state index contributed by atoms with van der Waals surface area (Å²) in [7, 11) is 0. The molecule has 21 heavy (non-hydrogen) atoms. The number of pyridine rings is 1. The number of nitrogens with zero attached hydrogens (tertiary/aromatic N) is 1. The van der Waals surface area contributed by atoms with Crippen molar-refractivity contribution in [2.45, 2.75) is 25.2 Å². The molecule has 3 nitrogen and oxygen atoms in total. The first kappa shape index (κ1) is 14.0.